The fourth-order valence-corrected chi connectivity index (χ4v) is 3.34. The van der Waals surface area contributed by atoms with Crippen LogP contribution in [0.2, 0.25) is 0 Å². The SMILES string of the molecule is Cc1ccc(-c2ccco2)cc1NS(=O)(=O)c1ccn(C)c1. The summed E-state index contributed by atoms with van der Waals surface area (Å²) >= 11 is 0. The summed E-state index contributed by atoms with van der Waals surface area (Å²) in [7, 11) is -1.82. The van der Waals surface area contributed by atoms with Gasteiger partial charge in [0.2, 0.25) is 0 Å². The zero-order valence-electron chi connectivity index (χ0n) is 12.3. The Morgan fingerprint density at radius 3 is 2.64 bits per heavy atom. The van der Waals surface area contributed by atoms with Crippen molar-refractivity contribution >= 4 is 15.7 Å². The van der Waals surface area contributed by atoms with Gasteiger partial charge in [-0.1, -0.05) is 12.1 Å². The Morgan fingerprint density at radius 2 is 2.00 bits per heavy atom. The van der Waals surface area contributed by atoms with Crippen LogP contribution in [0.15, 0.2) is 64.4 Å². The maximum atomic E-state index is 12.4. The third-order valence-corrected chi connectivity index (χ3v) is 4.75. The van der Waals surface area contributed by atoms with Crippen LogP contribution in [0.1, 0.15) is 5.56 Å². The molecule has 114 valence electrons. The van der Waals surface area contributed by atoms with E-state index < -0.39 is 10.0 Å². The Kier molecular flexibility index (Phi) is 3.54. The molecule has 3 rings (SSSR count). The van der Waals surface area contributed by atoms with Crippen LogP contribution in [0.5, 0.6) is 0 Å². The van der Waals surface area contributed by atoms with E-state index in [1.54, 1.807) is 48.5 Å². The maximum Gasteiger partial charge on any atom is 0.263 e. The number of aromatic nitrogens is 1. The highest BCUT2D eigenvalue weighted by Gasteiger charge is 2.17. The van der Waals surface area contributed by atoms with E-state index >= 15 is 0 Å². The van der Waals surface area contributed by atoms with Crippen LogP contribution in [0.3, 0.4) is 0 Å². The summed E-state index contributed by atoms with van der Waals surface area (Å²) in [6.07, 6.45) is 4.84. The average molecular weight is 316 g/mol. The predicted molar refractivity (Wildman–Crippen MR) is 85.1 cm³/mol. The predicted octanol–water partition coefficient (Wildman–Crippen LogP) is 3.39. The summed E-state index contributed by atoms with van der Waals surface area (Å²) in [5.41, 5.74) is 2.20. The lowest BCUT2D eigenvalue weighted by Gasteiger charge is -2.11. The summed E-state index contributed by atoms with van der Waals surface area (Å²) in [6, 6.07) is 10.7. The molecule has 0 aliphatic rings. The Morgan fingerprint density at radius 1 is 1.18 bits per heavy atom. The number of anilines is 1. The molecule has 6 heteroatoms. The Hall–Kier alpha value is -2.47. The van der Waals surface area contributed by atoms with Gasteiger partial charge in [0.15, 0.2) is 0 Å². The molecule has 0 radical (unpaired) electrons. The highest BCUT2D eigenvalue weighted by molar-refractivity contribution is 7.92. The van der Waals surface area contributed by atoms with Gasteiger partial charge < -0.3 is 8.98 Å². The van der Waals surface area contributed by atoms with Gasteiger partial charge in [-0.2, -0.15) is 0 Å². The minimum Gasteiger partial charge on any atom is -0.464 e. The number of furan rings is 1. The molecular weight excluding hydrogens is 300 g/mol. The summed E-state index contributed by atoms with van der Waals surface area (Å²) < 4.78 is 34.5. The molecule has 1 aromatic carbocycles. The van der Waals surface area contributed by atoms with Crippen LogP contribution in [0.4, 0.5) is 5.69 Å². The Labute approximate surface area is 129 Å². The quantitative estimate of drug-likeness (QED) is 0.802. The van der Waals surface area contributed by atoms with Crippen LogP contribution in [-0.4, -0.2) is 13.0 Å². The van der Waals surface area contributed by atoms with E-state index in [-0.39, 0.29) is 4.90 Å². The van der Waals surface area contributed by atoms with Gasteiger partial charge in [-0.3, -0.25) is 4.72 Å². The summed E-state index contributed by atoms with van der Waals surface area (Å²) in [4.78, 5) is 0.234. The van der Waals surface area contributed by atoms with Crippen molar-refractivity contribution in [2.24, 2.45) is 7.05 Å². The van der Waals surface area contributed by atoms with Gasteiger partial charge in [0.1, 0.15) is 10.7 Å². The molecule has 2 heterocycles. The molecule has 0 amide bonds. The second-order valence-electron chi connectivity index (χ2n) is 5.13. The van der Waals surface area contributed by atoms with E-state index in [0.29, 0.717) is 11.4 Å². The van der Waals surface area contributed by atoms with Crippen molar-refractivity contribution in [2.75, 3.05) is 4.72 Å². The molecule has 0 spiro atoms. The molecule has 22 heavy (non-hydrogen) atoms. The molecule has 0 fully saturated rings. The lowest BCUT2D eigenvalue weighted by atomic mass is 10.1. The van der Waals surface area contributed by atoms with E-state index in [1.165, 1.54) is 0 Å². The van der Waals surface area contributed by atoms with Crippen molar-refractivity contribution in [3.63, 3.8) is 0 Å². The largest absolute Gasteiger partial charge is 0.464 e. The summed E-state index contributed by atoms with van der Waals surface area (Å²) in [5.74, 6) is 0.695. The first-order valence-corrected chi connectivity index (χ1v) is 8.23. The molecular formula is C16H16N2O3S. The van der Waals surface area contributed by atoms with E-state index in [0.717, 1.165) is 11.1 Å². The zero-order chi connectivity index (χ0) is 15.7. The van der Waals surface area contributed by atoms with Gasteiger partial charge >= 0.3 is 0 Å². The molecule has 0 atom stereocenters. The second kappa shape index (κ2) is 5.38. The van der Waals surface area contributed by atoms with Crippen LogP contribution in [0, 0.1) is 6.92 Å². The highest BCUT2D eigenvalue weighted by atomic mass is 32.2. The number of benzene rings is 1. The van der Waals surface area contributed by atoms with Crippen molar-refractivity contribution in [1.29, 1.82) is 0 Å². The molecule has 3 aromatic rings. The van der Waals surface area contributed by atoms with Gasteiger partial charge in [0.05, 0.1) is 12.0 Å². The molecule has 0 saturated carbocycles. The first-order chi connectivity index (χ1) is 10.5. The van der Waals surface area contributed by atoms with E-state index in [4.69, 9.17) is 4.42 Å². The summed E-state index contributed by atoms with van der Waals surface area (Å²) in [6.45, 7) is 1.86. The number of hydrogen-bond donors (Lipinski definition) is 1. The molecule has 0 unspecified atom stereocenters. The van der Waals surface area contributed by atoms with E-state index in [2.05, 4.69) is 4.72 Å². The van der Waals surface area contributed by atoms with Gasteiger partial charge in [0, 0.05) is 25.0 Å². The fraction of sp³-hybridized carbons (Fsp3) is 0.125. The molecule has 0 aliphatic carbocycles. The maximum absolute atomic E-state index is 12.4. The molecule has 5 nitrogen and oxygen atoms in total. The number of aryl methyl sites for hydroxylation is 2. The average Bonchev–Trinajstić information content (AvgIpc) is 3.12. The van der Waals surface area contributed by atoms with Crippen molar-refractivity contribution < 1.29 is 12.8 Å². The number of nitrogens with zero attached hydrogens (tertiary/aromatic N) is 1. The Balaban J connectivity index is 1.97. The Bertz CT molecular complexity index is 893. The highest BCUT2D eigenvalue weighted by Crippen LogP contribution is 2.27. The fourth-order valence-electron chi connectivity index (χ4n) is 2.17. The van der Waals surface area contributed by atoms with Crippen LogP contribution < -0.4 is 4.72 Å². The minimum absolute atomic E-state index is 0.234. The monoisotopic (exact) mass is 316 g/mol. The topological polar surface area (TPSA) is 64.2 Å². The van der Waals surface area contributed by atoms with Crippen LogP contribution in [0.25, 0.3) is 11.3 Å². The normalized spacial score (nSPS) is 11.5. The zero-order valence-corrected chi connectivity index (χ0v) is 13.1. The van der Waals surface area contributed by atoms with Crippen molar-refractivity contribution in [3.05, 3.63) is 60.6 Å². The molecule has 0 bridgehead atoms. The first kappa shape index (κ1) is 14.5. The third kappa shape index (κ3) is 2.78. The lowest BCUT2D eigenvalue weighted by Crippen LogP contribution is -2.13. The molecule has 0 saturated heterocycles. The van der Waals surface area contributed by atoms with Crippen molar-refractivity contribution in [1.82, 2.24) is 4.57 Å². The smallest absolute Gasteiger partial charge is 0.263 e. The first-order valence-electron chi connectivity index (χ1n) is 6.75. The molecule has 0 aliphatic heterocycles. The van der Waals surface area contributed by atoms with Crippen molar-refractivity contribution in [3.8, 4) is 11.3 Å². The standard InChI is InChI=1S/C16H16N2O3S/c1-12-5-6-13(16-4-3-9-21-16)10-15(12)17-22(19,20)14-7-8-18(2)11-14/h3-11,17H,1-2H3. The summed E-state index contributed by atoms with van der Waals surface area (Å²) in [5, 5.41) is 0. The molecule has 1 N–H and O–H groups in total. The van der Waals surface area contributed by atoms with E-state index in [9.17, 15) is 8.42 Å². The van der Waals surface area contributed by atoms with Gasteiger partial charge in [-0.25, -0.2) is 8.42 Å². The third-order valence-electron chi connectivity index (χ3n) is 3.40. The number of sulfonamides is 1. The minimum atomic E-state index is -3.60. The van der Waals surface area contributed by atoms with Crippen molar-refractivity contribution in [2.45, 2.75) is 11.8 Å². The lowest BCUT2D eigenvalue weighted by molar-refractivity contribution is 0.582. The van der Waals surface area contributed by atoms with Gasteiger partial charge in [-0.15, -0.1) is 0 Å². The molecule has 2 aromatic heterocycles. The van der Waals surface area contributed by atoms with Gasteiger partial charge in [0.25, 0.3) is 10.0 Å². The number of hydrogen-bond acceptors (Lipinski definition) is 3. The van der Waals surface area contributed by atoms with E-state index in [1.807, 2.05) is 25.1 Å². The number of nitrogens with one attached hydrogen (secondary N) is 1. The number of rotatable bonds is 4. The van der Waals surface area contributed by atoms with Crippen LogP contribution >= 0.6 is 0 Å². The second-order valence-corrected chi connectivity index (χ2v) is 6.81. The van der Waals surface area contributed by atoms with Gasteiger partial charge in [-0.05, 0) is 36.8 Å². The van der Waals surface area contributed by atoms with Crippen LogP contribution in [-0.2, 0) is 17.1 Å².